The lowest BCUT2D eigenvalue weighted by Crippen LogP contribution is -2.18. The van der Waals surface area contributed by atoms with Gasteiger partial charge in [0.1, 0.15) is 10.8 Å². The first-order valence-corrected chi connectivity index (χ1v) is 12.3. The highest BCUT2D eigenvalue weighted by Crippen LogP contribution is 2.27. The molecule has 2 N–H and O–H groups in total. The number of aromatic nitrogens is 1. The fraction of sp³-hybridized carbons (Fsp3) is 0.160. The van der Waals surface area contributed by atoms with Crippen molar-refractivity contribution in [2.75, 3.05) is 17.2 Å². The second kappa shape index (κ2) is 10.9. The summed E-state index contributed by atoms with van der Waals surface area (Å²) in [5.41, 5.74) is 2.80. The molecule has 2 heterocycles. The van der Waals surface area contributed by atoms with Gasteiger partial charge < -0.3 is 15.4 Å². The normalized spacial score (nSPS) is 10.6. The van der Waals surface area contributed by atoms with Crippen LogP contribution < -0.4 is 15.4 Å². The summed E-state index contributed by atoms with van der Waals surface area (Å²) in [7, 11) is 0. The fourth-order valence-corrected chi connectivity index (χ4v) is 4.74. The molecule has 0 aliphatic heterocycles. The van der Waals surface area contributed by atoms with Crippen LogP contribution in [0.5, 0.6) is 5.75 Å². The van der Waals surface area contributed by atoms with Gasteiger partial charge in [0.25, 0.3) is 0 Å². The summed E-state index contributed by atoms with van der Waals surface area (Å²) in [6.45, 7) is 2.57. The molecule has 0 spiro atoms. The van der Waals surface area contributed by atoms with Crippen molar-refractivity contribution < 1.29 is 14.3 Å². The van der Waals surface area contributed by atoms with Crippen LogP contribution in [-0.2, 0) is 22.4 Å². The van der Waals surface area contributed by atoms with E-state index in [2.05, 4.69) is 15.6 Å². The molecule has 8 heteroatoms. The highest BCUT2D eigenvalue weighted by atomic mass is 32.1. The van der Waals surface area contributed by atoms with Crippen LogP contribution in [-0.4, -0.2) is 23.4 Å². The lowest BCUT2D eigenvalue weighted by molar-refractivity contribution is -0.116. The van der Waals surface area contributed by atoms with E-state index in [-0.39, 0.29) is 18.2 Å². The van der Waals surface area contributed by atoms with Crippen molar-refractivity contribution in [3.63, 3.8) is 0 Å². The molecule has 2 amide bonds. The maximum Gasteiger partial charge on any atom is 0.230 e. The van der Waals surface area contributed by atoms with E-state index < -0.39 is 0 Å². The quantitative estimate of drug-likeness (QED) is 0.327. The molecule has 0 bridgehead atoms. The Morgan fingerprint density at radius 1 is 0.879 bits per heavy atom. The van der Waals surface area contributed by atoms with Gasteiger partial charge in [-0.1, -0.05) is 18.2 Å². The molecular weight excluding hydrogens is 454 g/mol. The van der Waals surface area contributed by atoms with E-state index >= 15 is 0 Å². The highest BCUT2D eigenvalue weighted by molar-refractivity contribution is 7.13. The molecule has 0 fully saturated rings. The molecule has 2 aromatic carbocycles. The van der Waals surface area contributed by atoms with Gasteiger partial charge in [-0.2, -0.15) is 0 Å². The average molecular weight is 478 g/mol. The van der Waals surface area contributed by atoms with Crippen LogP contribution in [0.4, 0.5) is 11.4 Å². The second-order valence-electron chi connectivity index (χ2n) is 7.18. The van der Waals surface area contributed by atoms with E-state index in [0.29, 0.717) is 30.1 Å². The van der Waals surface area contributed by atoms with Gasteiger partial charge in [0.05, 0.1) is 36.5 Å². The Hall–Kier alpha value is -3.49. The Kier molecular flexibility index (Phi) is 7.49. The van der Waals surface area contributed by atoms with Crippen LogP contribution in [0.1, 0.15) is 17.5 Å². The average Bonchev–Trinajstić information content (AvgIpc) is 3.48. The van der Waals surface area contributed by atoms with E-state index in [9.17, 15) is 9.59 Å². The Bertz CT molecular complexity index is 1220. The van der Waals surface area contributed by atoms with Crippen molar-refractivity contribution in [1.29, 1.82) is 0 Å². The number of thiophene rings is 1. The third kappa shape index (κ3) is 6.27. The van der Waals surface area contributed by atoms with E-state index in [1.165, 1.54) is 22.7 Å². The van der Waals surface area contributed by atoms with Gasteiger partial charge in [0, 0.05) is 15.8 Å². The number of carbonyl (C=O) groups is 2. The first-order valence-electron chi connectivity index (χ1n) is 10.5. The van der Waals surface area contributed by atoms with Gasteiger partial charge >= 0.3 is 0 Å². The van der Waals surface area contributed by atoms with Crippen molar-refractivity contribution in [3.05, 3.63) is 82.0 Å². The molecule has 0 saturated carbocycles. The van der Waals surface area contributed by atoms with Crippen molar-refractivity contribution in [3.8, 4) is 16.3 Å². The number of thiazole rings is 1. The minimum absolute atomic E-state index is 0.126. The molecule has 0 radical (unpaired) electrons. The summed E-state index contributed by atoms with van der Waals surface area (Å²) >= 11 is 3.03. The van der Waals surface area contributed by atoms with E-state index in [1.54, 1.807) is 12.1 Å². The minimum atomic E-state index is -0.196. The molecule has 0 aliphatic carbocycles. The zero-order valence-corrected chi connectivity index (χ0v) is 19.7. The number of nitrogens with one attached hydrogen (secondary N) is 2. The Morgan fingerprint density at radius 2 is 1.58 bits per heavy atom. The third-order valence-electron chi connectivity index (χ3n) is 4.70. The summed E-state index contributed by atoms with van der Waals surface area (Å²) in [5.74, 6) is 0.496. The standard InChI is InChI=1S/C25H23N3O3S2/c1-2-31-19-11-9-17(10-12-19)25-26-18(16-33-25)14-23(29)27-21-7-3-4-8-22(21)28-24(30)15-20-6-5-13-32-20/h3-13,16H,2,14-15H2,1H3,(H,27,29)(H,28,30). The number of anilines is 2. The third-order valence-corrected chi connectivity index (χ3v) is 6.51. The van der Waals surface area contributed by atoms with Crippen molar-refractivity contribution in [1.82, 2.24) is 4.98 Å². The van der Waals surface area contributed by atoms with E-state index in [0.717, 1.165) is 21.2 Å². The Morgan fingerprint density at radius 3 is 2.21 bits per heavy atom. The van der Waals surface area contributed by atoms with Gasteiger partial charge in [-0.15, -0.1) is 22.7 Å². The number of nitrogens with zero attached hydrogens (tertiary/aromatic N) is 1. The van der Waals surface area contributed by atoms with Gasteiger partial charge in [-0.3, -0.25) is 9.59 Å². The number of carbonyl (C=O) groups excluding carboxylic acids is 2. The highest BCUT2D eigenvalue weighted by Gasteiger charge is 2.13. The predicted octanol–water partition coefficient (Wildman–Crippen LogP) is 5.63. The molecule has 0 atom stereocenters. The molecule has 4 aromatic rings. The van der Waals surface area contributed by atoms with Crippen LogP contribution in [0, 0.1) is 0 Å². The summed E-state index contributed by atoms with van der Waals surface area (Å²) < 4.78 is 5.48. The number of ether oxygens (including phenoxy) is 1. The topological polar surface area (TPSA) is 80.3 Å². The monoisotopic (exact) mass is 477 g/mol. The van der Waals surface area contributed by atoms with Crippen LogP contribution >= 0.6 is 22.7 Å². The van der Waals surface area contributed by atoms with Gasteiger partial charge in [-0.05, 0) is 54.8 Å². The zero-order chi connectivity index (χ0) is 23.0. The largest absolute Gasteiger partial charge is 0.494 e. The van der Waals surface area contributed by atoms with Crippen LogP contribution in [0.2, 0.25) is 0 Å². The number of hydrogen-bond donors (Lipinski definition) is 2. The predicted molar refractivity (Wildman–Crippen MR) is 134 cm³/mol. The first-order chi connectivity index (χ1) is 16.1. The lowest BCUT2D eigenvalue weighted by Gasteiger charge is -2.12. The van der Waals surface area contributed by atoms with E-state index in [4.69, 9.17) is 4.74 Å². The summed E-state index contributed by atoms with van der Waals surface area (Å²) in [5, 5.41) is 10.5. The smallest absolute Gasteiger partial charge is 0.230 e. The minimum Gasteiger partial charge on any atom is -0.494 e. The lowest BCUT2D eigenvalue weighted by atomic mass is 10.2. The zero-order valence-electron chi connectivity index (χ0n) is 18.0. The molecule has 6 nitrogen and oxygen atoms in total. The number of benzene rings is 2. The number of hydrogen-bond acceptors (Lipinski definition) is 6. The number of para-hydroxylation sites is 2. The van der Waals surface area contributed by atoms with Crippen molar-refractivity contribution in [2.45, 2.75) is 19.8 Å². The Balaban J connectivity index is 1.37. The Labute approximate surface area is 200 Å². The molecule has 4 rings (SSSR count). The van der Waals surface area contributed by atoms with Crippen LogP contribution in [0.3, 0.4) is 0 Å². The molecule has 33 heavy (non-hydrogen) atoms. The number of rotatable bonds is 9. The molecule has 0 unspecified atom stereocenters. The van der Waals surface area contributed by atoms with Crippen LogP contribution in [0.25, 0.3) is 10.6 Å². The molecule has 0 aliphatic rings. The summed E-state index contributed by atoms with van der Waals surface area (Å²) in [4.78, 5) is 30.6. The van der Waals surface area contributed by atoms with Gasteiger partial charge in [0.2, 0.25) is 11.8 Å². The van der Waals surface area contributed by atoms with Crippen molar-refractivity contribution in [2.24, 2.45) is 0 Å². The number of amides is 2. The van der Waals surface area contributed by atoms with E-state index in [1.807, 2.05) is 66.2 Å². The van der Waals surface area contributed by atoms with Gasteiger partial charge in [0.15, 0.2) is 0 Å². The SMILES string of the molecule is CCOc1ccc(-c2nc(CC(=O)Nc3ccccc3NC(=O)Cc3cccs3)cs2)cc1. The molecule has 0 saturated heterocycles. The van der Waals surface area contributed by atoms with Gasteiger partial charge in [-0.25, -0.2) is 4.98 Å². The molecular formula is C25H23N3O3S2. The summed E-state index contributed by atoms with van der Waals surface area (Å²) in [6.07, 6.45) is 0.443. The second-order valence-corrected chi connectivity index (χ2v) is 9.07. The molecule has 168 valence electrons. The molecule has 2 aromatic heterocycles. The maximum absolute atomic E-state index is 12.7. The maximum atomic E-state index is 12.7. The summed E-state index contributed by atoms with van der Waals surface area (Å²) in [6, 6.07) is 18.8. The van der Waals surface area contributed by atoms with Crippen molar-refractivity contribution >= 4 is 45.9 Å². The fourth-order valence-electron chi connectivity index (χ4n) is 3.21. The van der Waals surface area contributed by atoms with Crippen LogP contribution in [0.15, 0.2) is 71.4 Å². The first kappa shape index (κ1) is 22.7.